The van der Waals surface area contributed by atoms with Crippen LogP contribution in [0.15, 0.2) is 105 Å². The molecule has 38 heteroatoms. The van der Waals surface area contributed by atoms with Gasteiger partial charge in [0.1, 0.15) is 6.07 Å². The number of aromatic carboxylic acids is 1. The van der Waals surface area contributed by atoms with Crippen molar-refractivity contribution in [3.8, 4) is 58.3 Å². The second-order valence-electron chi connectivity index (χ2n) is 14.7. The van der Waals surface area contributed by atoms with Gasteiger partial charge in [-0.05, 0) is 52.3 Å². The first-order valence-corrected chi connectivity index (χ1v) is 22.6. The van der Waals surface area contributed by atoms with E-state index in [1.54, 1.807) is 0 Å². The summed E-state index contributed by atoms with van der Waals surface area (Å²) in [6.45, 7) is 0. The second kappa shape index (κ2) is 21.8. The summed E-state index contributed by atoms with van der Waals surface area (Å²) in [5.74, 6) is -5.25. The van der Waals surface area contributed by atoms with Gasteiger partial charge in [-0.25, -0.2) is 48.2 Å². The zero-order valence-corrected chi connectivity index (χ0v) is 40.7. The fourth-order valence-electron chi connectivity index (χ4n) is 5.64. The molecule has 0 unspecified atom stereocenters. The highest BCUT2D eigenvalue weighted by Gasteiger charge is 2.40. The maximum atomic E-state index is 13.3. The largest absolute Gasteiger partial charge is 0.478 e. The van der Waals surface area contributed by atoms with Crippen molar-refractivity contribution in [3.63, 3.8) is 0 Å². The molecule has 27 nitrogen and oxygen atoms in total. The van der Waals surface area contributed by atoms with E-state index in [1.165, 1.54) is 51.6 Å². The van der Waals surface area contributed by atoms with Crippen LogP contribution in [0.3, 0.4) is 0 Å². The summed E-state index contributed by atoms with van der Waals surface area (Å²) in [5, 5.41) is 39.8. The zero-order chi connectivity index (χ0) is 57.1. The number of alkyl halides is 9. The van der Waals surface area contributed by atoms with Gasteiger partial charge in [-0.1, -0.05) is 0 Å². The molecule has 0 aliphatic rings. The molecule has 0 saturated heterocycles. The molecule has 9 aromatic heterocycles. The van der Waals surface area contributed by atoms with Gasteiger partial charge in [-0.3, -0.25) is 4.55 Å². The number of aryl methyl sites for hydroxylation is 3. The molecule has 9 heterocycles. The van der Waals surface area contributed by atoms with Crippen LogP contribution < -0.4 is 17.3 Å². The van der Waals surface area contributed by atoms with Crippen LogP contribution in [-0.4, -0.2) is 104 Å². The molecule has 0 spiro atoms. The minimum Gasteiger partial charge on any atom is -0.478 e. The molecule has 0 atom stereocenters. The highest BCUT2D eigenvalue weighted by atomic mass is 79.9. The molecule has 0 aromatic carbocycles. The van der Waals surface area contributed by atoms with Gasteiger partial charge in [-0.15, -0.1) is 15.3 Å². The number of carbonyl (C=O) groups is 1. The van der Waals surface area contributed by atoms with E-state index in [0.29, 0.717) is 36.9 Å². The van der Waals surface area contributed by atoms with E-state index < -0.39 is 69.0 Å². The van der Waals surface area contributed by atoms with Crippen LogP contribution in [0, 0.1) is 11.3 Å². The van der Waals surface area contributed by atoms with E-state index >= 15 is 0 Å². The van der Waals surface area contributed by atoms with Gasteiger partial charge in [0, 0.05) is 62.4 Å². The Morgan fingerprint density at radius 2 is 0.909 bits per heavy atom. The van der Waals surface area contributed by atoms with E-state index in [9.17, 15) is 67.1 Å². The van der Waals surface area contributed by atoms with Crippen LogP contribution >= 0.6 is 15.9 Å². The number of pyridine rings is 3. The first-order chi connectivity index (χ1) is 35.7. The number of nitrogens with zero attached hydrogens (tertiary/aromatic N) is 16. The summed E-state index contributed by atoms with van der Waals surface area (Å²) in [6.07, 6.45) is -10.1. The molecule has 0 aliphatic heterocycles. The summed E-state index contributed by atoms with van der Waals surface area (Å²) in [6, 6.07) is 11.5. The summed E-state index contributed by atoms with van der Waals surface area (Å²) < 4.78 is 164. The maximum Gasteiger partial charge on any atom is 0.437 e. The lowest BCUT2D eigenvalue weighted by Gasteiger charge is -2.09. The predicted octanol–water partition coefficient (Wildman–Crippen LogP) is 4.76. The van der Waals surface area contributed by atoms with Crippen LogP contribution in [0.1, 0.15) is 33.0 Å². The third-order valence-corrected chi connectivity index (χ3v) is 9.43. The third-order valence-electron chi connectivity index (χ3n) is 8.96. The van der Waals surface area contributed by atoms with Crippen LogP contribution in [0.25, 0.3) is 52.2 Å². The molecule has 404 valence electrons. The number of hydrogen-bond donors (Lipinski definition) is 2. The number of rotatable bonds is 7. The van der Waals surface area contributed by atoms with E-state index in [0.717, 1.165) is 44.6 Å². The van der Waals surface area contributed by atoms with Crippen molar-refractivity contribution in [2.75, 3.05) is 6.26 Å². The van der Waals surface area contributed by atoms with Gasteiger partial charge in [0.25, 0.3) is 27.8 Å². The molecule has 77 heavy (non-hydrogen) atoms. The van der Waals surface area contributed by atoms with Crippen molar-refractivity contribution in [2.45, 2.75) is 18.5 Å². The van der Waals surface area contributed by atoms with Gasteiger partial charge in [0.15, 0.2) is 51.6 Å². The number of nitriles is 1. The quantitative estimate of drug-likeness (QED) is 0.160. The van der Waals surface area contributed by atoms with Crippen molar-refractivity contribution < 1.29 is 75.6 Å². The Hall–Kier alpha value is -9.38. The third kappa shape index (κ3) is 14.1. The Bertz CT molecular complexity index is 3930. The molecule has 0 bridgehead atoms. The SMILES string of the molecule is CS(=O)(=O)O.Cn1nc(-c2cc(C(F)(F)F)n(-c3ccc(Br)cn3)n2)oc1=O.Cn1nc(-c2cc(C(F)(F)F)n(-c3ccc(C#N)cn3)n2)oc1=O.Cn1nc(-c2cc(C(F)(F)F)n(-c3ccc(C(=O)O)cn3)n2)oc1=O. The molecular weight excluding hydrogens is 1150 g/mol. The fraction of sp³-hybridized carbons (Fsp3) is 0.179. The fourth-order valence-corrected chi connectivity index (χ4v) is 5.88. The lowest BCUT2D eigenvalue weighted by Crippen LogP contribution is -2.14. The van der Waals surface area contributed by atoms with E-state index in [-0.39, 0.29) is 63.3 Å². The van der Waals surface area contributed by atoms with Gasteiger partial charge in [-0.2, -0.15) is 82.5 Å². The van der Waals surface area contributed by atoms with Gasteiger partial charge >= 0.3 is 41.8 Å². The molecule has 0 radical (unpaired) electrons. The van der Waals surface area contributed by atoms with Crippen LogP contribution in [0.4, 0.5) is 39.5 Å². The van der Waals surface area contributed by atoms with Gasteiger partial charge in [0.2, 0.25) is 0 Å². The Kier molecular flexibility index (Phi) is 16.1. The van der Waals surface area contributed by atoms with Crippen molar-refractivity contribution in [1.82, 2.24) is 73.6 Å². The second-order valence-corrected chi connectivity index (χ2v) is 17.0. The van der Waals surface area contributed by atoms with Crippen molar-refractivity contribution in [3.05, 3.63) is 138 Å². The molecule has 0 saturated carbocycles. The topological polar surface area (TPSA) is 352 Å². The summed E-state index contributed by atoms with van der Waals surface area (Å²) in [7, 11) is 0.204. The highest BCUT2D eigenvalue weighted by Crippen LogP contribution is 2.36. The molecule has 9 aromatic rings. The van der Waals surface area contributed by atoms with E-state index in [4.69, 9.17) is 28.2 Å². The highest BCUT2D eigenvalue weighted by molar-refractivity contribution is 9.10. The molecule has 0 aliphatic carbocycles. The van der Waals surface area contributed by atoms with E-state index in [1.807, 2.05) is 6.07 Å². The van der Waals surface area contributed by atoms with E-state index in [2.05, 4.69) is 61.5 Å². The maximum absolute atomic E-state index is 13.3. The smallest absolute Gasteiger partial charge is 0.437 e. The Labute approximate surface area is 427 Å². The number of halogens is 10. The summed E-state index contributed by atoms with van der Waals surface area (Å²) in [5.41, 5.74) is -4.19. The molecular formula is C39H26BrF9N16O11S. The Morgan fingerprint density at radius 3 is 1.14 bits per heavy atom. The lowest BCUT2D eigenvalue weighted by molar-refractivity contribution is -0.143. The average molecular weight is 1180 g/mol. The summed E-state index contributed by atoms with van der Waals surface area (Å²) in [4.78, 5) is 56.0. The van der Waals surface area contributed by atoms with Crippen molar-refractivity contribution >= 4 is 32.0 Å². The van der Waals surface area contributed by atoms with Gasteiger partial charge < -0.3 is 18.4 Å². The standard InChI is InChI=1S/C13H7F3N6O2.C13H8F3N5O4.C12H7BrF3N5O2.CH4O3S/c1-21-12(23)24-11(20-21)8-4-9(13(14,15)16)22(19-8)10-3-2-7(5-17)6-18-10;1-20-12(24)25-10(19-20)7-4-8(13(14,15)16)21(18-7)9-3-2-6(5-17-9)11(22)23;1-20-11(22)23-10(19-20)7-4-8(12(14,15)16)21(18-7)9-3-2-6(13)5-17-9;1-5(2,3)4/h2-4,6H,1H3;2-5H,1H3,(H,22,23);2-5H,1H3;1H3,(H,2,3,4). The monoisotopic (exact) mass is 1180 g/mol. The number of carboxylic acid groups (broad SMARTS) is 1. The Morgan fingerprint density at radius 1 is 0.584 bits per heavy atom. The average Bonchev–Trinajstić information content (AvgIpc) is 4.21. The normalized spacial score (nSPS) is 11.7. The minimum absolute atomic E-state index is 0.0370. The number of carboxylic acids is 1. The lowest BCUT2D eigenvalue weighted by atomic mass is 10.3. The Balaban J connectivity index is 0.000000179. The number of aromatic nitrogens is 15. The van der Waals surface area contributed by atoms with Crippen molar-refractivity contribution in [1.29, 1.82) is 5.26 Å². The first-order valence-electron chi connectivity index (χ1n) is 20.0. The van der Waals surface area contributed by atoms with Gasteiger partial charge in [0.05, 0.1) is 17.4 Å². The molecule has 0 amide bonds. The van der Waals surface area contributed by atoms with Crippen LogP contribution in [0.2, 0.25) is 0 Å². The molecule has 2 N–H and O–H groups in total. The zero-order valence-electron chi connectivity index (χ0n) is 38.3. The molecule has 0 fully saturated rings. The van der Waals surface area contributed by atoms with Crippen LogP contribution in [-0.2, 0) is 49.8 Å². The molecule has 9 rings (SSSR count). The van der Waals surface area contributed by atoms with Crippen LogP contribution in [0.5, 0.6) is 0 Å². The first kappa shape index (κ1) is 56.9. The predicted molar refractivity (Wildman–Crippen MR) is 238 cm³/mol. The number of hydrogen-bond acceptors (Lipinski definition) is 19. The van der Waals surface area contributed by atoms with Crippen molar-refractivity contribution in [2.24, 2.45) is 21.1 Å². The summed E-state index contributed by atoms with van der Waals surface area (Å²) >= 11 is 3.15. The minimum atomic E-state index is -4.78.